The van der Waals surface area contributed by atoms with Crippen LogP contribution in [0.15, 0.2) is 82.7 Å². The lowest BCUT2D eigenvalue weighted by molar-refractivity contribution is -0.137. The number of hydrogen-bond donors (Lipinski definition) is 2. The minimum atomic E-state index is -0.376. The lowest BCUT2D eigenvalue weighted by Gasteiger charge is -2.56. The van der Waals surface area contributed by atoms with Crippen LogP contribution in [0.2, 0.25) is 0 Å². The van der Waals surface area contributed by atoms with Gasteiger partial charge in [0.1, 0.15) is 11.5 Å². The van der Waals surface area contributed by atoms with Crippen LogP contribution in [0.5, 0.6) is 11.5 Å². The van der Waals surface area contributed by atoms with Crippen LogP contribution < -0.4 is 20.1 Å². The molecule has 2 spiro atoms. The Balaban J connectivity index is 1.09. The molecule has 52 heavy (non-hydrogen) atoms. The third kappa shape index (κ3) is 3.82. The number of ether oxygens (including phenoxy) is 4. The maximum atomic E-state index is 13.5. The Morgan fingerprint density at radius 2 is 1.48 bits per heavy atom. The Kier molecular flexibility index (Phi) is 6.79. The first-order valence-electron chi connectivity index (χ1n) is 18.7. The van der Waals surface area contributed by atoms with E-state index in [0.717, 1.165) is 84.3 Å². The van der Waals surface area contributed by atoms with Crippen molar-refractivity contribution < 1.29 is 28.5 Å². The van der Waals surface area contributed by atoms with Crippen LogP contribution in [0.1, 0.15) is 50.2 Å². The molecular weight excluding hydrogens is 656 g/mol. The first kappa shape index (κ1) is 32.1. The number of nitrogens with zero attached hydrogens (tertiary/aromatic N) is 2. The van der Waals surface area contributed by atoms with Gasteiger partial charge in [-0.1, -0.05) is 37.3 Å². The topological polar surface area (TPSA) is 102 Å². The van der Waals surface area contributed by atoms with Crippen LogP contribution >= 0.6 is 0 Å². The normalized spacial score (nSPS) is 34.6. The van der Waals surface area contributed by atoms with E-state index in [4.69, 9.17) is 18.9 Å². The molecule has 270 valence electrons. The molecule has 6 aliphatic heterocycles. The minimum Gasteiger partial charge on any atom is -0.497 e. The van der Waals surface area contributed by atoms with Gasteiger partial charge in [0.15, 0.2) is 0 Å². The number of rotatable bonds is 6. The zero-order valence-corrected chi connectivity index (χ0v) is 30.5. The summed E-state index contributed by atoms with van der Waals surface area (Å²) in [6.45, 7) is 4.99. The van der Waals surface area contributed by atoms with E-state index < -0.39 is 0 Å². The molecule has 1 unspecified atom stereocenters. The van der Waals surface area contributed by atoms with Gasteiger partial charge in [0.25, 0.3) is 0 Å². The molecule has 2 N–H and O–H groups in total. The van der Waals surface area contributed by atoms with Crippen LogP contribution in [-0.2, 0) is 29.9 Å². The molecule has 2 aromatic carbocycles. The van der Waals surface area contributed by atoms with Crippen LogP contribution in [-0.4, -0.2) is 87.9 Å². The molecule has 10 rings (SSSR count). The summed E-state index contributed by atoms with van der Waals surface area (Å²) in [6.07, 6.45) is 11.4. The molecule has 10 heteroatoms. The lowest BCUT2D eigenvalue weighted by Crippen LogP contribution is -2.62. The zero-order chi connectivity index (χ0) is 35.7. The maximum absolute atomic E-state index is 13.5. The molecule has 0 radical (unpaired) electrons. The molecule has 2 aliphatic carbocycles. The van der Waals surface area contributed by atoms with Gasteiger partial charge >= 0.3 is 11.9 Å². The molecule has 2 aromatic rings. The van der Waals surface area contributed by atoms with E-state index in [1.54, 1.807) is 14.2 Å². The average molecular weight is 703 g/mol. The number of benzene rings is 2. The van der Waals surface area contributed by atoms with Crippen molar-refractivity contribution in [2.75, 3.05) is 58.7 Å². The number of carbonyl (C=O) groups excluding carboxylic acids is 2. The van der Waals surface area contributed by atoms with E-state index in [9.17, 15) is 9.59 Å². The maximum Gasteiger partial charge on any atom is 0.335 e. The molecule has 10 nitrogen and oxygen atoms in total. The highest BCUT2D eigenvalue weighted by Gasteiger charge is 2.68. The number of methoxy groups -OCH3 is 4. The average Bonchev–Trinajstić information content (AvgIpc) is 3.95. The summed E-state index contributed by atoms with van der Waals surface area (Å²) in [6, 6.07) is 13.1. The third-order valence-corrected chi connectivity index (χ3v) is 14.3. The van der Waals surface area contributed by atoms with Crippen molar-refractivity contribution in [1.82, 2.24) is 9.80 Å². The number of esters is 2. The number of hydrogen-bond acceptors (Lipinski definition) is 10. The van der Waals surface area contributed by atoms with E-state index in [0.29, 0.717) is 12.8 Å². The second-order valence-corrected chi connectivity index (χ2v) is 15.9. The van der Waals surface area contributed by atoms with Crippen molar-refractivity contribution in [3.8, 4) is 11.5 Å². The van der Waals surface area contributed by atoms with Gasteiger partial charge in [0.05, 0.1) is 56.5 Å². The summed E-state index contributed by atoms with van der Waals surface area (Å²) < 4.78 is 22.1. The Bertz CT molecular complexity index is 2080. The predicted molar refractivity (Wildman–Crippen MR) is 196 cm³/mol. The van der Waals surface area contributed by atoms with Crippen molar-refractivity contribution in [1.29, 1.82) is 0 Å². The number of fused-ring (bicyclic) bond motifs is 2. The number of nitrogens with one attached hydrogen (secondary N) is 2. The SMILES string of the molecule is CC[C@]12C=C[C@H](C3=CC4CC(C(=O)OC)=C5Nc6cc(OC)ccc6[C@@]56CCN(C3)[C@@H]46)N3CC[C@]4(C(=C(C(=O)OC)C1)Nc1cc(OC)ccc14)[C@@H]32. The van der Waals surface area contributed by atoms with Crippen LogP contribution in [0.4, 0.5) is 11.4 Å². The van der Waals surface area contributed by atoms with Gasteiger partial charge in [0, 0.05) is 72.0 Å². The molecule has 0 aromatic heterocycles. The lowest BCUT2D eigenvalue weighted by atomic mass is 9.54. The molecule has 0 amide bonds. The van der Waals surface area contributed by atoms with Crippen LogP contribution in [0.3, 0.4) is 0 Å². The van der Waals surface area contributed by atoms with Crippen molar-refractivity contribution >= 4 is 23.3 Å². The van der Waals surface area contributed by atoms with Crippen molar-refractivity contribution in [3.63, 3.8) is 0 Å². The highest BCUT2D eigenvalue weighted by molar-refractivity contribution is 5.94. The van der Waals surface area contributed by atoms with E-state index in [-0.39, 0.29) is 52.2 Å². The second-order valence-electron chi connectivity index (χ2n) is 15.9. The fraction of sp³-hybridized carbons (Fsp3) is 0.476. The molecule has 2 saturated heterocycles. The summed E-state index contributed by atoms with van der Waals surface area (Å²) in [5.41, 5.74) is 8.53. The monoisotopic (exact) mass is 702 g/mol. The first-order chi connectivity index (χ1) is 25.3. The molecule has 0 bridgehead atoms. The van der Waals surface area contributed by atoms with Gasteiger partial charge in [-0.05, 0) is 66.9 Å². The van der Waals surface area contributed by atoms with E-state index >= 15 is 0 Å². The summed E-state index contributed by atoms with van der Waals surface area (Å²) in [5, 5.41) is 7.44. The van der Waals surface area contributed by atoms with Crippen LogP contribution in [0.25, 0.3) is 0 Å². The largest absolute Gasteiger partial charge is 0.497 e. The molecule has 8 aliphatic rings. The fourth-order valence-corrected chi connectivity index (χ4v) is 12.3. The summed E-state index contributed by atoms with van der Waals surface area (Å²) in [5.74, 6) is 1.24. The minimum absolute atomic E-state index is 0.106. The standard InChI is InChI=1S/C42H46N4O6/c1-6-40-12-11-33(46-16-14-42(39(40)46)30-10-8-26(50-3)20-32(30)44-35(42)28(21-40)38(48)52-5)24-17-23-18-27(37(47)51-4)34-41(13-15-45(22-24)36(23)41)29-9-7-25(49-2)19-31(29)43-34/h7-12,17,19-20,23,33,36,39,43-44H,6,13-16,18,21-22H2,1-5H3/t23?,33-,36+,39+,40+,41+,42+/m1/s1. The summed E-state index contributed by atoms with van der Waals surface area (Å²) in [7, 11) is 6.36. The van der Waals surface area contributed by atoms with Gasteiger partial charge in [-0.2, -0.15) is 0 Å². The molecule has 0 saturated carbocycles. The van der Waals surface area contributed by atoms with E-state index in [2.05, 4.69) is 75.9 Å². The second kappa shape index (κ2) is 11.0. The Labute approximate surface area is 304 Å². The predicted octanol–water partition coefficient (Wildman–Crippen LogP) is 5.43. The molecule has 7 atom stereocenters. The van der Waals surface area contributed by atoms with Crippen molar-refractivity contribution in [2.24, 2.45) is 11.3 Å². The van der Waals surface area contributed by atoms with Gasteiger partial charge in [-0.3, -0.25) is 9.80 Å². The third-order valence-electron chi connectivity index (χ3n) is 14.3. The van der Waals surface area contributed by atoms with Crippen LogP contribution in [0, 0.1) is 11.3 Å². The first-order valence-corrected chi connectivity index (χ1v) is 18.7. The highest BCUT2D eigenvalue weighted by atomic mass is 16.5. The number of anilines is 2. The van der Waals surface area contributed by atoms with E-state index in [1.807, 2.05) is 6.07 Å². The van der Waals surface area contributed by atoms with Gasteiger partial charge in [-0.15, -0.1) is 0 Å². The molecule has 2 fully saturated rings. The summed E-state index contributed by atoms with van der Waals surface area (Å²) in [4.78, 5) is 32.5. The zero-order valence-electron chi connectivity index (χ0n) is 30.5. The quantitative estimate of drug-likeness (QED) is 0.300. The molecule has 6 heterocycles. The van der Waals surface area contributed by atoms with Gasteiger partial charge in [-0.25, -0.2) is 9.59 Å². The van der Waals surface area contributed by atoms with Gasteiger partial charge < -0.3 is 29.6 Å². The van der Waals surface area contributed by atoms with Crippen molar-refractivity contribution in [3.05, 3.63) is 93.9 Å². The smallest absolute Gasteiger partial charge is 0.335 e. The van der Waals surface area contributed by atoms with Crippen molar-refractivity contribution in [2.45, 2.75) is 68.0 Å². The molecular formula is C42H46N4O6. The number of carbonyl (C=O) groups is 2. The summed E-state index contributed by atoms with van der Waals surface area (Å²) >= 11 is 0. The Morgan fingerprint density at radius 3 is 2.13 bits per heavy atom. The fourth-order valence-electron chi connectivity index (χ4n) is 12.3. The Hall–Kier alpha value is -4.54. The Morgan fingerprint density at radius 1 is 0.846 bits per heavy atom. The highest BCUT2D eigenvalue weighted by Crippen LogP contribution is 2.66. The van der Waals surface area contributed by atoms with E-state index in [1.165, 1.54) is 30.9 Å². The van der Waals surface area contributed by atoms with Gasteiger partial charge in [0.2, 0.25) is 0 Å².